The minimum Gasteiger partial charge on any atom is -0.470 e. The quantitative estimate of drug-likeness (QED) is 0.531. The van der Waals surface area contributed by atoms with Crippen LogP contribution in [0.1, 0.15) is 12.8 Å². The van der Waals surface area contributed by atoms with E-state index in [4.69, 9.17) is 4.74 Å². The van der Waals surface area contributed by atoms with Crippen molar-refractivity contribution in [3.05, 3.63) is 17.5 Å². The Balaban J connectivity index is 1.28. The number of fused-ring (bicyclic) bond motifs is 3. The molecule has 0 aromatic carbocycles. The largest absolute Gasteiger partial charge is 0.470 e. The Morgan fingerprint density at radius 2 is 2.09 bits per heavy atom. The van der Waals surface area contributed by atoms with Gasteiger partial charge in [0, 0.05) is 18.1 Å². The van der Waals surface area contributed by atoms with E-state index in [-0.39, 0.29) is 0 Å². The number of thioether (sulfide) groups is 2. The van der Waals surface area contributed by atoms with Crippen LogP contribution in [0.25, 0.3) is 0 Å². The highest BCUT2D eigenvalue weighted by Crippen LogP contribution is 2.34. The summed E-state index contributed by atoms with van der Waals surface area (Å²) in [5.74, 6) is 3.58. The summed E-state index contributed by atoms with van der Waals surface area (Å²) < 4.78 is 16.4. The first-order valence-corrected chi connectivity index (χ1v) is 11.5. The molecule has 5 heterocycles. The van der Waals surface area contributed by atoms with Gasteiger partial charge in [-0.15, -0.1) is 27.5 Å². The monoisotopic (exact) mass is 385 g/mol. The number of ether oxygens (including phenoxy) is 1. The molecule has 0 aliphatic carbocycles. The molecule has 124 valence electrons. The van der Waals surface area contributed by atoms with E-state index in [2.05, 4.69) is 31.2 Å². The molecule has 0 radical (unpaired) electrons. The molecule has 2 bridgehead atoms. The first kappa shape index (κ1) is 16.2. The van der Waals surface area contributed by atoms with Crippen LogP contribution in [-0.4, -0.2) is 50.9 Å². The van der Waals surface area contributed by atoms with E-state index in [1.807, 2.05) is 11.8 Å². The van der Waals surface area contributed by atoms with Crippen LogP contribution in [0.5, 0.6) is 5.88 Å². The highest BCUT2D eigenvalue weighted by atomic mass is 32.2. The predicted molar refractivity (Wildman–Crippen MR) is 99.3 cm³/mol. The number of nitrogens with zero attached hydrogens (tertiary/aromatic N) is 3. The lowest BCUT2D eigenvalue weighted by Crippen LogP contribution is -2.52. The van der Waals surface area contributed by atoms with Gasteiger partial charge in [-0.2, -0.15) is 4.37 Å². The second-order valence-corrected chi connectivity index (χ2v) is 9.75. The molecule has 2 aromatic rings. The van der Waals surface area contributed by atoms with Crippen LogP contribution in [-0.2, 0) is 0 Å². The lowest BCUT2D eigenvalue weighted by Gasteiger charge is -2.44. The molecule has 0 amide bonds. The van der Waals surface area contributed by atoms with Crippen molar-refractivity contribution in [1.29, 1.82) is 0 Å². The molecular weight excluding hydrogens is 366 g/mol. The van der Waals surface area contributed by atoms with Gasteiger partial charge in [-0.3, -0.25) is 4.90 Å². The van der Waals surface area contributed by atoms with Crippen LogP contribution in [0.15, 0.2) is 26.7 Å². The zero-order chi connectivity index (χ0) is 15.5. The maximum atomic E-state index is 6.23. The van der Waals surface area contributed by atoms with Crippen molar-refractivity contribution in [3.63, 3.8) is 0 Å². The van der Waals surface area contributed by atoms with Gasteiger partial charge in [0.25, 0.3) is 5.88 Å². The molecule has 3 saturated heterocycles. The summed E-state index contributed by atoms with van der Waals surface area (Å²) in [5.41, 5.74) is 0. The fraction of sp³-hybridized carbons (Fsp3) is 0.600. The Morgan fingerprint density at radius 1 is 1.22 bits per heavy atom. The van der Waals surface area contributed by atoms with Gasteiger partial charge < -0.3 is 4.74 Å². The molecule has 3 aliphatic rings. The van der Waals surface area contributed by atoms with Gasteiger partial charge in [-0.25, -0.2) is 0 Å². The Morgan fingerprint density at radius 3 is 2.83 bits per heavy atom. The summed E-state index contributed by atoms with van der Waals surface area (Å²) in [4.78, 5) is 2.51. The number of hydrogen-bond donors (Lipinski definition) is 0. The molecular formula is C15H19N3OS4. The maximum absolute atomic E-state index is 6.23. The van der Waals surface area contributed by atoms with Crippen molar-refractivity contribution >= 4 is 46.6 Å². The average molecular weight is 386 g/mol. The maximum Gasteiger partial charge on any atom is 0.260 e. The Kier molecular flexibility index (Phi) is 5.45. The SMILES string of the molecule is c1csc(SCCSc2nsnc2OC2CN3CCC2CC3)c1. The normalized spacial score (nSPS) is 26.5. The van der Waals surface area contributed by atoms with E-state index >= 15 is 0 Å². The van der Waals surface area contributed by atoms with Crippen molar-refractivity contribution in [2.75, 3.05) is 31.1 Å². The first-order valence-electron chi connectivity index (χ1n) is 7.89. The van der Waals surface area contributed by atoms with E-state index in [0.717, 1.165) is 29.0 Å². The summed E-state index contributed by atoms with van der Waals surface area (Å²) >= 11 is 6.74. The zero-order valence-corrected chi connectivity index (χ0v) is 16.0. The Hall–Kier alpha value is -0.280. The molecule has 3 aliphatic heterocycles. The van der Waals surface area contributed by atoms with Crippen LogP contribution < -0.4 is 4.74 Å². The third-order valence-electron chi connectivity index (χ3n) is 4.35. The molecule has 23 heavy (non-hydrogen) atoms. The molecule has 0 N–H and O–H groups in total. The van der Waals surface area contributed by atoms with Crippen LogP contribution in [0.3, 0.4) is 0 Å². The third-order valence-corrected chi connectivity index (χ3v) is 8.32. The summed E-state index contributed by atoms with van der Waals surface area (Å²) in [6, 6.07) is 4.27. The van der Waals surface area contributed by atoms with Crippen molar-refractivity contribution in [3.8, 4) is 5.88 Å². The highest BCUT2D eigenvalue weighted by molar-refractivity contribution is 8.03. The molecule has 1 atom stereocenters. The number of piperidine rings is 3. The van der Waals surface area contributed by atoms with Crippen LogP contribution >= 0.6 is 46.6 Å². The van der Waals surface area contributed by atoms with Crippen LogP contribution in [0.4, 0.5) is 0 Å². The van der Waals surface area contributed by atoms with Gasteiger partial charge in [0.2, 0.25) is 0 Å². The van der Waals surface area contributed by atoms with E-state index < -0.39 is 0 Å². The number of thiophene rings is 1. The molecule has 4 nitrogen and oxygen atoms in total. The van der Waals surface area contributed by atoms with Crippen molar-refractivity contribution in [1.82, 2.24) is 13.6 Å². The molecule has 5 rings (SSSR count). The van der Waals surface area contributed by atoms with Gasteiger partial charge >= 0.3 is 0 Å². The summed E-state index contributed by atoms with van der Waals surface area (Å²) in [7, 11) is 0. The minimum absolute atomic E-state index is 0.307. The summed E-state index contributed by atoms with van der Waals surface area (Å²) in [6.07, 6.45) is 2.84. The van der Waals surface area contributed by atoms with Crippen molar-refractivity contribution < 1.29 is 4.74 Å². The van der Waals surface area contributed by atoms with Crippen LogP contribution in [0, 0.1) is 5.92 Å². The van der Waals surface area contributed by atoms with Gasteiger partial charge in [0.05, 0.1) is 15.9 Å². The first-order chi connectivity index (χ1) is 11.4. The summed E-state index contributed by atoms with van der Waals surface area (Å²) in [6.45, 7) is 3.53. The summed E-state index contributed by atoms with van der Waals surface area (Å²) in [5, 5.41) is 3.10. The molecule has 8 heteroatoms. The third kappa shape index (κ3) is 4.04. The Bertz CT molecular complexity index is 610. The van der Waals surface area contributed by atoms with E-state index in [0.29, 0.717) is 12.0 Å². The van der Waals surface area contributed by atoms with Crippen molar-refractivity contribution in [2.24, 2.45) is 5.92 Å². The fourth-order valence-corrected chi connectivity index (χ4v) is 6.50. The standard InChI is InChI=1S/C15H19N3OS4/c1-2-13(20-7-1)21-8-9-22-15-14(16-23-17-15)19-12-10-18-5-3-11(12)4-6-18/h1-2,7,11-12H,3-6,8-10H2. The van der Waals surface area contributed by atoms with Gasteiger partial charge in [-0.1, -0.05) is 17.8 Å². The molecule has 2 aromatic heterocycles. The molecule has 1 unspecified atom stereocenters. The minimum atomic E-state index is 0.307. The molecule has 0 saturated carbocycles. The van der Waals surface area contributed by atoms with E-state index in [9.17, 15) is 0 Å². The van der Waals surface area contributed by atoms with Crippen molar-refractivity contribution in [2.45, 2.75) is 28.2 Å². The number of rotatable bonds is 7. The lowest BCUT2D eigenvalue weighted by atomic mass is 9.86. The van der Waals surface area contributed by atoms with Gasteiger partial charge in [0.15, 0.2) is 5.03 Å². The number of aromatic nitrogens is 2. The van der Waals surface area contributed by atoms with Gasteiger partial charge in [-0.05, 0) is 43.3 Å². The average Bonchev–Trinajstić information content (AvgIpc) is 3.25. The highest BCUT2D eigenvalue weighted by Gasteiger charge is 2.36. The zero-order valence-electron chi connectivity index (χ0n) is 12.7. The van der Waals surface area contributed by atoms with Crippen LogP contribution in [0.2, 0.25) is 0 Å². The van der Waals surface area contributed by atoms with E-state index in [1.54, 1.807) is 23.1 Å². The smallest absolute Gasteiger partial charge is 0.260 e. The van der Waals surface area contributed by atoms with Gasteiger partial charge in [0.1, 0.15) is 6.10 Å². The second-order valence-electron chi connectivity index (χ2n) is 5.80. The Labute approximate surface area is 153 Å². The van der Waals surface area contributed by atoms with E-state index in [1.165, 1.54) is 41.9 Å². The molecule has 3 fully saturated rings. The predicted octanol–water partition coefficient (Wildman–Crippen LogP) is 3.96. The topological polar surface area (TPSA) is 38.3 Å². The second kappa shape index (κ2) is 7.74. The number of hydrogen-bond acceptors (Lipinski definition) is 8. The fourth-order valence-electron chi connectivity index (χ4n) is 3.15. The lowest BCUT2D eigenvalue weighted by molar-refractivity contribution is -0.0110. The molecule has 0 spiro atoms.